The maximum atomic E-state index is 13.5. The largest absolute Gasteiger partial charge is 0.495 e. The molecule has 0 bridgehead atoms. The van der Waals surface area contributed by atoms with E-state index in [2.05, 4.69) is 0 Å². The zero-order chi connectivity index (χ0) is 25.0. The van der Waals surface area contributed by atoms with E-state index in [9.17, 15) is 18.0 Å². The Kier molecular flexibility index (Phi) is 7.76. The third-order valence-corrected chi connectivity index (χ3v) is 8.88. The van der Waals surface area contributed by atoms with Crippen molar-refractivity contribution in [3.05, 3.63) is 53.6 Å². The van der Waals surface area contributed by atoms with Crippen LogP contribution in [0.1, 0.15) is 43.2 Å². The van der Waals surface area contributed by atoms with Gasteiger partial charge in [0.05, 0.1) is 17.7 Å². The number of carbonyl (C=O) groups excluding carboxylic acids is 2. The molecular weight excluding hydrogens is 466 g/mol. The molecule has 1 fully saturated rings. The fourth-order valence-electron chi connectivity index (χ4n) is 5.01. The van der Waals surface area contributed by atoms with Crippen molar-refractivity contribution in [1.29, 1.82) is 0 Å². The minimum absolute atomic E-state index is 0.0232. The van der Waals surface area contributed by atoms with Crippen LogP contribution in [0.5, 0.6) is 5.75 Å². The molecule has 0 aromatic heterocycles. The summed E-state index contributed by atoms with van der Waals surface area (Å²) in [4.78, 5) is 26.8. The molecule has 1 aliphatic carbocycles. The van der Waals surface area contributed by atoms with Crippen LogP contribution >= 0.6 is 0 Å². The Morgan fingerprint density at radius 1 is 1.06 bits per heavy atom. The van der Waals surface area contributed by atoms with Gasteiger partial charge in [0.1, 0.15) is 5.75 Å². The fourth-order valence-corrected chi connectivity index (χ4v) is 6.53. The van der Waals surface area contributed by atoms with Crippen LogP contribution < -0.4 is 15.4 Å². The number of amides is 2. The van der Waals surface area contributed by atoms with Gasteiger partial charge in [-0.25, -0.2) is 8.42 Å². The van der Waals surface area contributed by atoms with E-state index in [1.807, 2.05) is 18.2 Å². The molecule has 188 valence electrons. The number of nitrogens with two attached hydrogens (primary N) is 1. The maximum Gasteiger partial charge on any atom is 0.243 e. The smallest absolute Gasteiger partial charge is 0.243 e. The summed E-state index contributed by atoms with van der Waals surface area (Å²) in [6, 6.07) is 12.6. The van der Waals surface area contributed by atoms with Crippen LogP contribution in [0.2, 0.25) is 0 Å². The summed E-state index contributed by atoms with van der Waals surface area (Å²) in [6.45, 7) is 0.680. The van der Waals surface area contributed by atoms with Crippen molar-refractivity contribution in [1.82, 2.24) is 4.31 Å². The van der Waals surface area contributed by atoms with Gasteiger partial charge in [0.2, 0.25) is 21.8 Å². The van der Waals surface area contributed by atoms with Gasteiger partial charge in [0, 0.05) is 32.0 Å². The number of benzene rings is 2. The molecule has 2 N–H and O–H groups in total. The Morgan fingerprint density at radius 3 is 2.43 bits per heavy atom. The number of hydrogen-bond acceptors (Lipinski definition) is 5. The summed E-state index contributed by atoms with van der Waals surface area (Å²) in [7, 11) is -2.09. The second-order valence-electron chi connectivity index (χ2n) is 9.19. The van der Waals surface area contributed by atoms with Crippen LogP contribution in [-0.2, 0) is 32.5 Å². The molecule has 2 amide bonds. The highest BCUT2D eigenvalue weighted by atomic mass is 32.2. The lowest BCUT2D eigenvalue weighted by Gasteiger charge is -2.34. The molecule has 4 rings (SSSR count). The van der Waals surface area contributed by atoms with E-state index in [1.165, 1.54) is 17.0 Å². The minimum Gasteiger partial charge on any atom is -0.495 e. The van der Waals surface area contributed by atoms with Gasteiger partial charge in [0.15, 0.2) is 0 Å². The molecule has 9 heteroatoms. The fraction of sp³-hybridized carbons (Fsp3) is 0.462. The quantitative estimate of drug-likeness (QED) is 0.601. The highest BCUT2D eigenvalue weighted by Gasteiger charge is 2.35. The SMILES string of the molecule is COc1ccccc1N(CCC(N)=O)C(=O)C1CCN(S(=O)(=O)c2ccc3c(c2)CCCC3)CC1. The molecule has 1 heterocycles. The average Bonchev–Trinajstić information content (AvgIpc) is 2.88. The minimum atomic E-state index is -3.62. The first-order chi connectivity index (χ1) is 16.8. The van der Waals surface area contributed by atoms with Crippen LogP contribution in [0, 0.1) is 5.92 Å². The number of fused-ring (bicyclic) bond motifs is 1. The number of anilines is 1. The van der Waals surface area contributed by atoms with Crippen LogP contribution in [0.15, 0.2) is 47.4 Å². The number of carbonyl (C=O) groups is 2. The number of para-hydroxylation sites is 2. The van der Waals surface area contributed by atoms with E-state index in [1.54, 1.807) is 29.2 Å². The number of methoxy groups -OCH3 is 1. The first-order valence-corrected chi connectivity index (χ1v) is 13.6. The number of aryl methyl sites for hydroxylation is 2. The molecule has 2 aromatic rings. The first-order valence-electron chi connectivity index (χ1n) is 12.2. The van der Waals surface area contributed by atoms with Crippen LogP contribution in [0.25, 0.3) is 0 Å². The van der Waals surface area contributed by atoms with Gasteiger partial charge in [0.25, 0.3) is 0 Å². The van der Waals surface area contributed by atoms with Crippen molar-refractivity contribution in [2.45, 2.75) is 49.8 Å². The van der Waals surface area contributed by atoms with Crippen LogP contribution in [-0.4, -0.2) is 51.3 Å². The number of hydrogen-bond donors (Lipinski definition) is 1. The number of sulfonamides is 1. The average molecular weight is 500 g/mol. The van der Waals surface area contributed by atoms with E-state index < -0.39 is 15.9 Å². The molecule has 0 unspecified atom stereocenters. The zero-order valence-electron chi connectivity index (χ0n) is 20.1. The number of piperidine rings is 1. The van der Waals surface area contributed by atoms with E-state index >= 15 is 0 Å². The Bertz CT molecular complexity index is 1190. The summed E-state index contributed by atoms with van der Waals surface area (Å²) in [6.07, 6.45) is 4.99. The molecule has 1 aliphatic heterocycles. The molecule has 0 saturated carbocycles. The monoisotopic (exact) mass is 499 g/mol. The van der Waals surface area contributed by atoms with E-state index in [0.717, 1.165) is 31.2 Å². The molecule has 2 aliphatic rings. The van der Waals surface area contributed by atoms with Crippen molar-refractivity contribution in [2.75, 3.05) is 31.6 Å². The van der Waals surface area contributed by atoms with Crippen molar-refractivity contribution >= 4 is 27.5 Å². The molecule has 2 aromatic carbocycles. The third kappa shape index (κ3) is 5.51. The standard InChI is InChI=1S/C26H33N3O5S/c1-34-24-9-5-4-8-23(24)29(17-14-25(27)30)26(31)20-12-15-28(16-13-20)35(32,33)22-11-10-19-6-2-3-7-21(19)18-22/h4-5,8-11,18,20H,2-3,6-7,12-17H2,1H3,(H2,27,30). The van der Waals surface area contributed by atoms with Crippen LogP contribution in [0.4, 0.5) is 5.69 Å². The molecule has 8 nitrogen and oxygen atoms in total. The second kappa shape index (κ2) is 10.8. The second-order valence-corrected chi connectivity index (χ2v) is 11.1. The van der Waals surface area contributed by atoms with Gasteiger partial charge < -0.3 is 15.4 Å². The maximum absolute atomic E-state index is 13.5. The number of ether oxygens (including phenoxy) is 1. The topological polar surface area (TPSA) is 110 Å². The van der Waals surface area contributed by atoms with Gasteiger partial charge in [-0.05, 0) is 73.9 Å². The molecule has 35 heavy (non-hydrogen) atoms. The number of rotatable bonds is 8. The van der Waals surface area contributed by atoms with Crippen molar-refractivity contribution < 1.29 is 22.7 Å². The lowest BCUT2D eigenvalue weighted by molar-refractivity contribution is -0.123. The first kappa shape index (κ1) is 25.2. The van der Waals surface area contributed by atoms with Gasteiger partial charge in [-0.3, -0.25) is 9.59 Å². The van der Waals surface area contributed by atoms with Gasteiger partial charge >= 0.3 is 0 Å². The summed E-state index contributed by atoms with van der Waals surface area (Å²) >= 11 is 0. The van der Waals surface area contributed by atoms with Gasteiger partial charge in [-0.2, -0.15) is 4.31 Å². The van der Waals surface area contributed by atoms with E-state index in [0.29, 0.717) is 29.2 Å². The van der Waals surface area contributed by atoms with Crippen molar-refractivity contribution in [3.63, 3.8) is 0 Å². The lowest BCUT2D eigenvalue weighted by Crippen LogP contribution is -2.45. The lowest BCUT2D eigenvalue weighted by atomic mass is 9.92. The molecular formula is C26H33N3O5S. The van der Waals surface area contributed by atoms with Crippen molar-refractivity contribution in [2.24, 2.45) is 11.7 Å². The summed E-state index contributed by atoms with van der Waals surface area (Å²) in [5.41, 5.74) is 8.30. The molecule has 0 atom stereocenters. The molecule has 0 spiro atoms. The third-order valence-electron chi connectivity index (χ3n) is 6.98. The number of nitrogens with zero attached hydrogens (tertiary/aromatic N) is 2. The highest BCUT2D eigenvalue weighted by molar-refractivity contribution is 7.89. The summed E-state index contributed by atoms with van der Waals surface area (Å²) < 4.78 is 33.6. The normalized spacial score (nSPS) is 16.9. The van der Waals surface area contributed by atoms with Crippen molar-refractivity contribution in [3.8, 4) is 5.75 Å². The predicted octanol–water partition coefficient (Wildman–Crippen LogP) is 2.88. The highest BCUT2D eigenvalue weighted by Crippen LogP contribution is 2.32. The summed E-state index contributed by atoms with van der Waals surface area (Å²) in [5, 5.41) is 0. The van der Waals surface area contributed by atoms with E-state index in [4.69, 9.17) is 10.5 Å². The predicted molar refractivity (Wildman–Crippen MR) is 134 cm³/mol. The Balaban J connectivity index is 1.48. The molecule has 1 saturated heterocycles. The van der Waals surface area contributed by atoms with E-state index in [-0.39, 0.29) is 37.9 Å². The van der Waals surface area contributed by atoms with Crippen LogP contribution in [0.3, 0.4) is 0 Å². The van der Waals surface area contributed by atoms with Gasteiger partial charge in [-0.1, -0.05) is 18.2 Å². The number of primary amides is 1. The Morgan fingerprint density at radius 2 is 1.74 bits per heavy atom. The van der Waals surface area contributed by atoms with Gasteiger partial charge in [-0.15, -0.1) is 0 Å². The Hall–Kier alpha value is -2.91. The Labute approximate surface area is 207 Å². The molecule has 0 radical (unpaired) electrons. The zero-order valence-corrected chi connectivity index (χ0v) is 20.9. The summed E-state index contributed by atoms with van der Waals surface area (Å²) in [5.74, 6) is -0.481.